The van der Waals surface area contributed by atoms with Crippen LogP contribution in [-0.2, 0) is 31.3 Å². The Morgan fingerprint density at radius 1 is 1.33 bits per heavy atom. The number of aliphatic imine (C=N–C) groups is 1. The van der Waals surface area contributed by atoms with Crippen molar-refractivity contribution in [3.8, 4) is 0 Å². The van der Waals surface area contributed by atoms with Crippen LogP contribution in [0.5, 0.6) is 0 Å². The normalized spacial score (nSPS) is 16.7. The number of aryl methyl sites for hydroxylation is 2. The van der Waals surface area contributed by atoms with Crippen molar-refractivity contribution in [2.24, 2.45) is 12.0 Å². The zero-order valence-corrected chi connectivity index (χ0v) is 18.9. The second kappa shape index (κ2) is 10.5. The SMILES string of the molecule is CCOCCCNC(=NCc1nnc(C)n1C)NC1CCc2nc(C(C)C)nn2C1. The van der Waals surface area contributed by atoms with Crippen LogP contribution in [0.1, 0.15) is 62.8 Å². The second-order valence-electron chi connectivity index (χ2n) is 7.97. The molecule has 3 rings (SSSR count). The summed E-state index contributed by atoms with van der Waals surface area (Å²) in [4.78, 5) is 9.43. The number of hydrogen-bond donors (Lipinski definition) is 2. The Bertz CT molecular complexity index is 839. The average molecular weight is 418 g/mol. The van der Waals surface area contributed by atoms with Crippen LogP contribution in [0.2, 0.25) is 0 Å². The summed E-state index contributed by atoms with van der Waals surface area (Å²) in [5.74, 6) is 4.84. The van der Waals surface area contributed by atoms with Crippen LogP contribution in [0.3, 0.4) is 0 Å². The smallest absolute Gasteiger partial charge is 0.191 e. The zero-order chi connectivity index (χ0) is 21.5. The van der Waals surface area contributed by atoms with Gasteiger partial charge in [0.2, 0.25) is 0 Å². The predicted octanol–water partition coefficient (Wildman–Crippen LogP) is 1.32. The van der Waals surface area contributed by atoms with Crippen molar-refractivity contribution in [3.05, 3.63) is 23.3 Å². The number of nitrogens with zero attached hydrogens (tertiary/aromatic N) is 7. The minimum absolute atomic E-state index is 0.249. The molecule has 0 saturated carbocycles. The highest BCUT2D eigenvalue weighted by Gasteiger charge is 2.23. The number of ether oxygens (including phenoxy) is 1. The molecule has 1 aliphatic rings. The van der Waals surface area contributed by atoms with Crippen molar-refractivity contribution in [2.45, 2.75) is 72.0 Å². The van der Waals surface area contributed by atoms with Crippen LogP contribution in [0.25, 0.3) is 0 Å². The van der Waals surface area contributed by atoms with E-state index in [-0.39, 0.29) is 6.04 Å². The second-order valence-corrected chi connectivity index (χ2v) is 7.97. The first kappa shape index (κ1) is 22.2. The summed E-state index contributed by atoms with van der Waals surface area (Å²) in [6.45, 7) is 11.7. The van der Waals surface area contributed by atoms with E-state index in [0.717, 1.165) is 74.8 Å². The number of rotatable bonds is 9. The molecular formula is C20H35N9O. The van der Waals surface area contributed by atoms with E-state index in [2.05, 4.69) is 44.8 Å². The third-order valence-electron chi connectivity index (χ3n) is 5.26. The molecule has 0 spiro atoms. The topological polar surface area (TPSA) is 107 Å². The highest BCUT2D eigenvalue weighted by Crippen LogP contribution is 2.17. The summed E-state index contributed by atoms with van der Waals surface area (Å²) in [6, 6.07) is 0.249. The Balaban J connectivity index is 1.63. The molecule has 0 saturated heterocycles. The lowest BCUT2D eigenvalue weighted by molar-refractivity contribution is 0.145. The predicted molar refractivity (Wildman–Crippen MR) is 115 cm³/mol. The number of aromatic nitrogens is 6. The van der Waals surface area contributed by atoms with E-state index in [1.54, 1.807) is 0 Å². The van der Waals surface area contributed by atoms with Crippen molar-refractivity contribution in [1.82, 2.24) is 40.2 Å². The maximum absolute atomic E-state index is 5.43. The highest BCUT2D eigenvalue weighted by molar-refractivity contribution is 5.80. The Morgan fingerprint density at radius 3 is 2.87 bits per heavy atom. The number of guanidine groups is 1. The minimum atomic E-state index is 0.249. The van der Waals surface area contributed by atoms with Gasteiger partial charge in [-0.05, 0) is 26.7 Å². The molecule has 166 valence electrons. The van der Waals surface area contributed by atoms with Gasteiger partial charge in [0.1, 0.15) is 18.2 Å². The van der Waals surface area contributed by atoms with Crippen LogP contribution in [-0.4, -0.2) is 61.3 Å². The van der Waals surface area contributed by atoms with E-state index in [0.29, 0.717) is 12.5 Å². The highest BCUT2D eigenvalue weighted by atomic mass is 16.5. The standard InChI is InChI=1S/C20H35N9O/c1-6-30-11-7-10-21-20(22-12-18-26-25-15(4)28(18)5)23-16-8-9-17-24-19(14(2)3)27-29(17)13-16/h14,16H,6-13H2,1-5H3,(H2,21,22,23). The first-order chi connectivity index (χ1) is 14.5. The molecule has 0 bridgehead atoms. The molecule has 10 heteroatoms. The Hall–Kier alpha value is -2.49. The lowest BCUT2D eigenvalue weighted by Crippen LogP contribution is -2.47. The first-order valence-corrected chi connectivity index (χ1v) is 10.9. The fourth-order valence-corrected chi connectivity index (χ4v) is 3.30. The summed E-state index contributed by atoms with van der Waals surface area (Å²) in [5, 5.41) is 20.0. The molecule has 1 aliphatic heterocycles. The van der Waals surface area contributed by atoms with Gasteiger partial charge in [0, 0.05) is 45.2 Å². The monoisotopic (exact) mass is 417 g/mol. The number of hydrogen-bond acceptors (Lipinski definition) is 6. The molecule has 1 unspecified atom stereocenters. The van der Waals surface area contributed by atoms with Crippen molar-refractivity contribution in [3.63, 3.8) is 0 Å². The van der Waals surface area contributed by atoms with Crippen molar-refractivity contribution in [1.29, 1.82) is 0 Å². The van der Waals surface area contributed by atoms with E-state index in [9.17, 15) is 0 Å². The maximum atomic E-state index is 5.43. The Labute approximate surface area is 178 Å². The first-order valence-electron chi connectivity index (χ1n) is 10.9. The molecule has 1 atom stereocenters. The molecule has 2 N–H and O–H groups in total. The van der Waals surface area contributed by atoms with Crippen molar-refractivity contribution < 1.29 is 4.74 Å². The molecular weight excluding hydrogens is 382 g/mol. The molecule has 0 fully saturated rings. The number of fused-ring (bicyclic) bond motifs is 1. The number of nitrogens with one attached hydrogen (secondary N) is 2. The Kier molecular flexibility index (Phi) is 7.78. The van der Waals surface area contributed by atoms with Gasteiger partial charge in [-0.15, -0.1) is 10.2 Å². The third kappa shape index (κ3) is 5.78. The molecule has 3 heterocycles. The van der Waals surface area contributed by atoms with Gasteiger partial charge in [-0.3, -0.25) is 0 Å². The third-order valence-corrected chi connectivity index (χ3v) is 5.26. The zero-order valence-electron chi connectivity index (χ0n) is 18.9. The lowest BCUT2D eigenvalue weighted by Gasteiger charge is -2.25. The molecule has 10 nitrogen and oxygen atoms in total. The van der Waals surface area contributed by atoms with E-state index in [1.807, 2.05) is 30.1 Å². The van der Waals surface area contributed by atoms with Crippen LogP contribution < -0.4 is 10.6 Å². The van der Waals surface area contributed by atoms with E-state index < -0.39 is 0 Å². The maximum Gasteiger partial charge on any atom is 0.191 e. The van der Waals surface area contributed by atoms with Gasteiger partial charge in [0.15, 0.2) is 17.6 Å². The van der Waals surface area contributed by atoms with E-state index >= 15 is 0 Å². The Morgan fingerprint density at radius 2 is 2.17 bits per heavy atom. The van der Waals surface area contributed by atoms with Gasteiger partial charge in [-0.25, -0.2) is 14.7 Å². The summed E-state index contributed by atoms with van der Waals surface area (Å²) in [7, 11) is 1.96. The van der Waals surface area contributed by atoms with Gasteiger partial charge < -0.3 is 19.9 Å². The van der Waals surface area contributed by atoms with Crippen molar-refractivity contribution >= 4 is 5.96 Å². The van der Waals surface area contributed by atoms with Crippen molar-refractivity contribution in [2.75, 3.05) is 19.8 Å². The minimum Gasteiger partial charge on any atom is -0.382 e. The molecule has 2 aromatic rings. The van der Waals surface area contributed by atoms with Gasteiger partial charge in [0.25, 0.3) is 0 Å². The lowest BCUT2D eigenvalue weighted by atomic mass is 10.1. The summed E-state index contributed by atoms with van der Waals surface area (Å²) in [5.41, 5.74) is 0. The summed E-state index contributed by atoms with van der Waals surface area (Å²) < 4.78 is 9.43. The summed E-state index contributed by atoms with van der Waals surface area (Å²) >= 11 is 0. The molecule has 0 aromatic carbocycles. The van der Waals surface area contributed by atoms with Crippen LogP contribution in [0.4, 0.5) is 0 Å². The van der Waals surface area contributed by atoms with Crippen LogP contribution >= 0.6 is 0 Å². The van der Waals surface area contributed by atoms with E-state index in [4.69, 9.17) is 9.73 Å². The summed E-state index contributed by atoms with van der Waals surface area (Å²) in [6.07, 6.45) is 2.84. The molecule has 0 aliphatic carbocycles. The van der Waals surface area contributed by atoms with Gasteiger partial charge in [-0.1, -0.05) is 13.8 Å². The molecule has 30 heavy (non-hydrogen) atoms. The van der Waals surface area contributed by atoms with Gasteiger partial charge in [0.05, 0.1) is 6.54 Å². The molecule has 0 radical (unpaired) electrons. The molecule has 2 aromatic heterocycles. The largest absolute Gasteiger partial charge is 0.382 e. The molecule has 0 amide bonds. The van der Waals surface area contributed by atoms with Crippen LogP contribution in [0.15, 0.2) is 4.99 Å². The fraction of sp³-hybridized carbons (Fsp3) is 0.750. The average Bonchev–Trinajstić information content (AvgIpc) is 3.29. The van der Waals surface area contributed by atoms with Gasteiger partial charge in [-0.2, -0.15) is 5.10 Å². The van der Waals surface area contributed by atoms with E-state index in [1.165, 1.54) is 0 Å². The van der Waals surface area contributed by atoms with Gasteiger partial charge >= 0.3 is 0 Å². The fourth-order valence-electron chi connectivity index (χ4n) is 3.30. The quantitative estimate of drug-likeness (QED) is 0.360. The van der Waals surface area contributed by atoms with Crippen LogP contribution in [0, 0.1) is 6.92 Å².